The number of aromatic nitrogens is 2. The van der Waals surface area contributed by atoms with Crippen LogP contribution in [0.25, 0.3) is 0 Å². The van der Waals surface area contributed by atoms with Gasteiger partial charge in [-0.3, -0.25) is 4.79 Å². The van der Waals surface area contributed by atoms with Crippen LogP contribution in [-0.2, 0) is 30.2 Å². The van der Waals surface area contributed by atoms with Crippen LogP contribution < -0.4 is 10.2 Å². The van der Waals surface area contributed by atoms with Crippen LogP contribution in [0.5, 0.6) is 0 Å². The number of rotatable bonds is 6. The molecule has 38 heavy (non-hydrogen) atoms. The summed E-state index contributed by atoms with van der Waals surface area (Å²) in [6.45, 7) is 1.20. The molecule has 2 aromatic carbocycles. The molecular weight excluding hydrogens is 518 g/mol. The third kappa shape index (κ3) is 5.31. The Labute approximate surface area is 213 Å². The van der Waals surface area contributed by atoms with E-state index in [-0.39, 0.29) is 36.6 Å². The molecule has 0 aliphatic carbocycles. The van der Waals surface area contributed by atoms with Crippen LogP contribution in [0.4, 0.5) is 32.2 Å². The number of carbonyl (C=O) groups excluding carboxylic acids is 2. The van der Waals surface area contributed by atoms with Crippen molar-refractivity contribution in [3.8, 4) is 0 Å². The normalized spacial score (nSPS) is 14.3. The summed E-state index contributed by atoms with van der Waals surface area (Å²) in [6.07, 6.45) is -9.64. The Balaban J connectivity index is 1.66. The first-order valence-corrected chi connectivity index (χ1v) is 11.4. The molecule has 0 fully saturated rings. The summed E-state index contributed by atoms with van der Waals surface area (Å²) >= 11 is 0. The van der Waals surface area contributed by atoms with Crippen LogP contribution >= 0.6 is 0 Å². The number of hydrogen-bond acceptors (Lipinski definition) is 5. The predicted molar refractivity (Wildman–Crippen MR) is 123 cm³/mol. The fourth-order valence-electron chi connectivity index (χ4n) is 4.33. The van der Waals surface area contributed by atoms with Gasteiger partial charge in [0.05, 0.1) is 30.8 Å². The summed E-state index contributed by atoms with van der Waals surface area (Å²) in [7, 11) is 1.21. The maximum atomic E-state index is 13.9. The van der Waals surface area contributed by atoms with Crippen molar-refractivity contribution in [3.63, 3.8) is 0 Å². The zero-order chi connectivity index (χ0) is 27.8. The molecule has 1 aliphatic rings. The third-order valence-electron chi connectivity index (χ3n) is 6.17. The molecule has 7 nitrogen and oxygen atoms in total. The van der Waals surface area contributed by atoms with Gasteiger partial charge in [0.1, 0.15) is 11.4 Å². The van der Waals surface area contributed by atoms with Crippen molar-refractivity contribution in [1.29, 1.82) is 0 Å². The fourth-order valence-corrected chi connectivity index (χ4v) is 4.33. The van der Waals surface area contributed by atoms with Crippen molar-refractivity contribution in [1.82, 2.24) is 15.1 Å². The number of ether oxygens (including phenoxy) is 1. The van der Waals surface area contributed by atoms with Gasteiger partial charge >= 0.3 is 18.3 Å². The van der Waals surface area contributed by atoms with Crippen LogP contribution in [0.1, 0.15) is 56.1 Å². The van der Waals surface area contributed by atoms with Gasteiger partial charge in [-0.1, -0.05) is 30.3 Å². The van der Waals surface area contributed by atoms with Gasteiger partial charge in [-0.15, -0.1) is 0 Å². The summed E-state index contributed by atoms with van der Waals surface area (Å²) in [4.78, 5) is 26.1. The molecule has 1 aromatic heterocycles. The van der Waals surface area contributed by atoms with Crippen molar-refractivity contribution in [2.45, 2.75) is 38.4 Å². The first kappa shape index (κ1) is 27.0. The van der Waals surface area contributed by atoms with E-state index >= 15 is 0 Å². The van der Waals surface area contributed by atoms with E-state index in [2.05, 4.69) is 15.2 Å². The van der Waals surface area contributed by atoms with E-state index in [0.29, 0.717) is 5.56 Å². The number of fused-ring (bicyclic) bond motifs is 1. The van der Waals surface area contributed by atoms with Gasteiger partial charge in [0.15, 0.2) is 5.69 Å². The second-order valence-electron chi connectivity index (χ2n) is 8.65. The molecule has 2 heterocycles. The molecule has 13 heteroatoms. The molecule has 0 saturated carbocycles. The number of nitrogens with zero attached hydrogens (tertiary/aromatic N) is 3. The number of benzene rings is 2. The highest BCUT2D eigenvalue weighted by molar-refractivity contribution is 6.01. The maximum Gasteiger partial charge on any atom is 0.436 e. The molecule has 1 atom stereocenters. The molecular formula is C25H22F6N4O3. The molecule has 202 valence electrons. The highest BCUT2D eigenvalue weighted by Crippen LogP contribution is 2.40. The topological polar surface area (TPSA) is 76.5 Å². The van der Waals surface area contributed by atoms with Gasteiger partial charge in [-0.2, -0.15) is 31.4 Å². The van der Waals surface area contributed by atoms with Gasteiger partial charge < -0.3 is 15.0 Å². The average molecular weight is 540 g/mol. The van der Waals surface area contributed by atoms with E-state index in [0.717, 1.165) is 10.7 Å². The quantitative estimate of drug-likeness (QED) is 0.343. The van der Waals surface area contributed by atoms with E-state index in [9.17, 15) is 35.9 Å². The monoisotopic (exact) mass is 540 g/mol. The second kappa shape index (κ2) is 10.0. The predicted octanol–water partition coefficient (Wildman–Crippen LogP) is 5.22. The Hall–Kier alpha value is -4.03. The van der Waals surface area contributed by atoms with Gasteiger partial charge in [0, 0.05) is 13.1 Å². The molecule has 0 spiro atoms. The number of halogens is 6. The Kier molecular flexibility index (Phi) is 7.13. The largest absolute Gasteiger partial charge is 0.465 e. The van der Waals surface area contributed by atoms with Gasteiger partial charge in [-0.25, -0.2) is 9.48 Å². The Morgan fingerprint density at radius 2 is 1.66 bits per heavy atom. The van der Waals surface area contributed by atoms with Crippen molar-refractivity contribution < 1.29 is 40.7 Å². The smallest absolute Gasteiger partial charge is 0.436 e. The lowest BCUT2D eigenvalue weighted by molar-refractivity contribution is -0.142. The molecule has 4 rings (SSSR count). The molecule has 1 unspecified atom stereocenters. The highest BCUT2D eigenvalue weighted by Gasteiger charge is 2.44. The highest BCUT2D eigenvalue weighted by atomic mass is 19.4. The number of hydrogen-bond donors (Lipinski definition) is 1. The lowest BCUT2D eigenvalue weighted by Crippen LogP contribution is -2.31. The van der Waals surface area contributed by atoms with E-state index in [1.165, 1.54) is 54.5 Å². The zero-order valence-corrected chi connectivity index (χ0v) is 20.2. The standard InChI is InChI=1S/C25H22F6N4O3/c1-14(15-7-9-16(10-8-15)23(37)38-2)32-21(36)19-20(25(29,30)31)33-35-12-11-34(22(19)35)13-17-5-3-4-6-18(17)24(26,27)28/h3-10,14H,11-13H2,1-2H3,(H,32,36). The number of amides is 1. The van der Waals surface area contributed by atoms with Gasteiger partial charge in [0.25, 0.3) is 5.91 Å². The van der Waals surface area contributed by atoms with Crippen molar-refractivity contribution >= 4 is 17.7 Å². The minimum Gasteiger partial charge on any atom is -0.465 e. The SMILES string of the molecule is COC(=O)c1ccc(C(C)NC(=O)c2c(C(F)(F)F)nn3c2N(Cc2ccccc2C(F)(F)F)CC3)cc1. The van der Waals surface area contributed by atoms with Crippen LogP contribution in [0.3, 0.4) is 0 Å². The molecule has 1 aliphatic heterocycles. The summed E-state index contributed by atoms with van der Waals surface area (Å²) in [5.41, 5.74) is -2.50. The number of anilines is 1. The van der Waals surface area contributed by atoms with Crippen LogP contribution in [0.15, 0.2) is 48.5 Å². The molecule has 1 N–H and O–H groups in total. The summed E-state index contributed by atoms with van der Waals surface area (Å²) in [6, 6.07) is 9.92. The van der Waals surface area contributed by atoms with Gasteiger partial charge in [-0.05, 0) is 36.2 Å². The minimum atomic E-state index is -4.98. The van der Waals surface area contributed by atoms with E-state index in [1.54, 1.807) is 6.92 Å². The Bertz CT molecular complexity index is 1350. The molecule has 0 radical (unpaired) electrons. The first-order chi connectivity index (χ1) is 17.8. The molecule has 0 saturated heterocycles. The minimum absolute atomic E-state index is 0.0373. The number of esters is 1. The van der Waals surface area contributed by atoms with E-state index < -0.39 is 47.1 Å². The lowest BCUT2D eigenvalue weighted by atomic mass is 10.0. The van der Waals surface area contributed by atoms with Crippen LogP contribution in [-0.4, -0.2) is 35.3 Å². The third-order valence-corrected chi connectivity index (χ3v) is 6.17. The number of carbonyl (C=O) groups is 2. The average Bonchev–Trinajstić information content (AvgIpc) is 3.43. The molecule has 3 aromatic rings. The van der Waals surface area contributed by atoms with Crippen molar-refractivity contribution in [2.75, 3.05) is 18.6 Å². The van der Waals surface area contributed by atoms with Crippen molar-refractivity contribution in [3.05, 3.63) is 82.0 Å². The Morgan fingerprint density at radius 3 is 2.26 bits per heavy atom. The van der Waals surface area contributed by atoms with Crippen molar-refractivity contribution in [2.24, 2.45) is 0 Å². The summed E-state index contributed by atoms with van der Waals surface area (Å²) in [5.74, 6) is -1.87. The van der Waals surface area contributed by atoms with Crippen LogP contribution in [0, 0.1) is 0 Å². The second-order valence-corrected chi connectivity index (χ2v) is 8.65. The first-order valence-electron chi connectivity index (χ1n) is 11.4. The summed E-state index contributed by atoms with van der Waals surface area (Å²) < 4.78 is 87.8. The maximum absolute atomic E-state index is 13.9. The number of methoxy groups -OCH3 is 1. The van der Waals surface area contributed by atoms with Crippen LogP contribution in [0.2, 0.25) is 0 Å². The van der Waals surface area contributed by atoms with E-state index in [1.807, 2.05) is 0 Å². The molecule has 0 bridgehead atoms. The summed E-state index contributed by atoms with van der Waals surface area (Å²) in [5, 5.41) is 6.09. The number of nitrogens with one attached hydrogen (secondary N) is 1. The van der Waals surface area contributed by atoms with Gasteiger partial charge in [0.2, 0.25) is 0 Å². The van der Waals surface area contributed by atoms with E-state index in [4.69, 9.17) is 0 Å². The molecule has 1 amide bonds. The fraction of sp³-hybridized carbons (Fsp3) is 0.320. The lowest BCUT2D eigenvalue weighted by Gasteiger charge is -2.22. The number of alkyl halides is 6. The zero-order valence-electron chi connectivity index (χ0n) is 20.2. The Morgan fingerprint density at radius 1 is 1.00 bits per heavy atom.